The van der Waals surface area contributed by atoms with Crippen LogP contribution in [-0.4, -0.2) is 19.7 Å². The fraction of sp³-hybridized carbons (Fsp3) is 0.474. The molecule has 2 aromatic carbocycles. The van der Waals surface area contributed by atoms with Gasteiger partial charge < -0.3 is 10.1 Å². The number of fused-ring (bicyclic) bond motifs is 1. The van der Waals surface area contributed by atoms with Crippen molar-refractivity contribution in [3.63, 3.8) is 0 Å². The molecule has 0 saturated carbocycles. The molecule has 2 heteroatoms. The van der Waals surface area contributed by atoms with Gasteiger partial charge in [0.2, 0.25) is 0 Å². The molecule has 0 spiro atoms. The fourth-order valence-corrected chi connectivity index (χ4v) is 2.37. The molecule has 0 fully saturated rings. The molecule has 0 aliphatic rings. The zero-order valence-corrected chi connectivity index (χ0v) is 13.3. The summed E-state index contributed by atoms with van der Waals surface area (Å²) in [7, 11) is 0. The molecule has 0 amide bonds. The normalized spacial score (nSPS) is 11.2. The van der Waals surface area contributed by atoms with E-state index in [-0.39, 0.29) is 0 Å². The zero-order chi connectivity index (χ0) is 14.9. The van der Waals surface area contributed by atoms with E-state index in [0.717, 1.165) is 37.8 Å². The van der Waals surface area contributed by atoms with Crippen LogP contribution >= 0.6 is 0 Å². The molecule has 1 N–H and O–H groups in total. The van der Waals surface area contributed by atoms with Crippen LogP contribution in [0.25, 0.3) is 10.8 Å². The number of nitrogens with one attached hydrogen (secondary N) is 1. The Bertz CT molecular complexity index is 536. The van der Waals surface area contributed by atoms with E-state index in [1.54, 1.807) is 0 Å². The molecule has 0 unspecified atom stereocenters. The highest BCUT2D eigenvalue weighted by Crippen LogP contribution is 2.20. The van der Waals surface area contributed by atoms with Gasteiger partial charge in [-0.05, 0) is 61.2 Å². The monoisotopic (exact) mass is 285 g/mol. The first kappa shape index (κ1) is 15.8. The minimum atomic E-state index is 0.737. The Balaban J connectivity index is 1.61. The van der Waals surface area contributed by atoms with Crippen LogP contribution in [0.5, 0.6) is 5.75 Å². The molecule has 2 nitrogen and oxygen atoms in total. The lowest BCUT2D eigenvalue weighted by Gasteiger charge is -2.08. The van der Waals surface area contributed by atoms with E-state index in [2.05, 4.69) is 61.6 Å². The third-order valence-electron chi connectivity index (χ3n) is 3.54. The van der Waals surface area contributed by atoms with E-state index in [4.69, 9.17) is 4.74 Å². The lowest BCUT2D eigenvalue weighted by Crippen LogP contribution is -2.20. The Morgan fingerprint density at radius 1 is 0.952 bits per heavy atom. The Labute approximate surface area is 128 Å². The Kier molecular flexibility index (Phi) is 6.55. The van der Waals surface area contributed by atoms with Crippen molar-refractivity contribution in [2.75, 3.05) is 19.7 Å². The lowest BCUT2D eigenvalue weighted by molar-refractivity contribution is 0.305. The summed E-state index contributed by atoms with van der Waals surface area (Å²) < 4.78 is 5.84. The number of hydrogen-bond donors (Lipinski definition) is 1. The van der Waals surface area contributed by atoms with Crippen LogP contribution in [0, 0.1) is 5.92 Å². The Morgan fingerprint density at radius 3 is 2.57 bits per heavy atom. The molecular formula is C19H27NO. The summed E-state index contributed by atoms with van der Waals surface area (Å²) in [4.78, 5) is 0. The van der Waals surface area contributed by atoms with Gasteiger partial charge in [0.25, 0.3) is 0 Å². The maximum absolute atomic E-state index is 5.84. The van der Waals surface area contributed by atoms with Crippen molar-refractivity contribution in [1.82, 2.24) is 5.32 Å². The summed E-state index contributed by atoms with van der Waals surface area (Å²) in [6, 6.07) is 14.7. The van der Waals surface area contributed by atoms with Crippen molar-refractivity contribution in [1.29, 1.82) is 0 Å². The van der Waals surface area contributed by atoms with Gasteiger partial charge in [-0.1, -0.05) is 44.2 Å². The molecule has 0 aromatic heterocycles. The van der Waals surface area contributed by atoms with Crippen molar-refractivity contribution in [3.05, 3.63) is 42.5 Å². The zero-order valence-electron chi connectivity index (χ0n) is 13.3. The summed E-state index contributed by atoms with van der Waals surface area (Å²) in [5, 5.41) is 5.98. The van der Waals surface area contributed by atoms with Crippen LogP contribution in [0.3, 0.4) is 0 Å². The molecule has 21 heavy (non-hydrogen) atoms. The molecule has 0 aliphatic heterocycles. The molecule has 0 saturated heterocycles. The van der Waals surface area contributed by atoms with E-state index in [0.29, 0.717) is 0 Å². The van der Waals surface area contributed by atoms with Gasteiger partial charge in [0.15, 0.2) is 0 Å². The van der Waals surface area contributed by atoms with Gasteiger partial charge in [-0.3, -0.25) is 0 Å². The van der Waals surface area contributed by atoms with Crippen LogP contribution in [-0.2, 0) is 0 Å². The van der Waals surface area contributed by atoms with E-state index in [1.807, 2.05) is 0 Å². The standard InChI is InChI=1S/C19H27NO/c1-16(2)15-20-12-6-3-7-13-21-19-11-10-17-8-4-5-9-18(17)14-19/h4-5,8-11,14,16,20H,3,6-7,12-13,15H2,1-2H3. The van der Waals surface area contributed by atoms with Gasteiger partial charge in [-0.2, -0.15) is 0 Å². The van der Waals surface area contributed by atoms with Crippen LogP contribution in [0.4, 0.5) is 0 Å². The third-order valence-corrected chi connectivity index (χ3v) is 3.54. The molecule has 0 radical (unpaired) electrons. The van der Waals surface area contributed by atoms with Crippen molar-refractivity contribution >= 4 is 10.8 Å². The predicted molar refractivity (Wildman–Crippen MR) is 91.0 cm³/mol. The summed E-state index contributed by atoms with van der Waals surface area (Å²) in [5.41, 5.74) is 0. The highest BCUT2D eigenvalue weighted by atomic mass is 16.5. The second kappa shape index (κ2) is 8.68. The molecular weight excluding hydrogens is 258 g/mol. The Hall–Kier alpha value is -1.54. The van der Waals surface area contributed by atoms with Crippen LogP contribution in [0.15, 0.2) is 42.5 Å². The molecule has 0 heterocycles. The molecule has 0 atom stereocenters. The third kappa shape index (κ3) is 5.76. The molecule has 114 valence electrons. The quantitative estimate of drug-likeness (QED) is 0.678. The van der Waals surface area contributed by atoms with Gasteiger partial charge in [-0.25, -0.2) is 0 Å². The maximum atomic E-state index is 5.84. The van der Waals surface area contributed by atoms with Gasteiger partial charge in [0.1, 0.15) is 5.75 Å². The first-order valence-corrected chi connectivity index (χ1v) is 8.08. The SMILES string of the molecule is CC(C)CNCCCCCOc1ccc2ccccc2c1. The number of benzene rings is 2. The molecule has 0 bridgehead atoms. The van der Waals surface area contributed by atoms with Crippen LogP contribution in [0.1, 0.15) is 33.1 Å². The van der Waals surface area contributed by atoms with E-state index in [1.165, 1.54) is 23.6 Å². The average molecular weight is 285 g/mol. The van der Waals surface area contributed by atoms with E-state index >= 15 is 0 Å². The second-order valence-corrected chi connectivity index (χ2v) is 6.02. The summed E-state index contributed by atoms with van der Waals surface area (Å²) in [6.45, 7) is 7.53. The van der Waals surface area contributed by atoms with Crippen molar-refractivity contribution in [2.45, 2.75) is 33.1 Å². The first-order valence-electron chi connectivity index (χ1n) is 8.08. The van der Waals surface area contributed by atoms with Crippen molar-refractivity contribution in [3.8, 4) is 5.75 Å². The molecule has 2 rings (SSSR count). The highest BCUT2D eigenvalue weighted by molar-refractivity contribution is 5.83. The molecule has 2 aromatic rings. The second-order valence-electron chi connectivity index (χ2n) is 6.02. The summed E-state index contributed by atoms with van der Waals surface area (Å²) in [6.07, 6.45) is 3.57. The van der Waals surface area contributed by atoms with E-state index in [9.17, 15) is 0 Å². The summed E-state index contributed by atoms with van der Waals surface area (Å²) >= 11 is 0. The van der Waals surface area contributed by atoms with Gasteiger partial charge >= 0.3 is 0 Å². The number of rotatable bonds is 9. The highest BCUT2D eigenvalue weighted by Gasteiger charge is 1.97. The number of hydrogen-bond acceptors (Lipinski definition) is 2. The van der Waals surface area contributed by atoms with Gasteiger partial charge in [0.05, 0.1) is 6.61 Å². The van der Waals surface area contributed by atoms with Gasteiger partial charge in [-0.15, -0.1) is 0 Å². The lowest BCUT2D eigenvalue weighted by atomic mass is 10.1. The van der Waals surface area contributed by atoms with Crippen LogP contribution in [0.2, 0.25) is 0 Å². The smallest absolute Gasteiger partial charge is 0.119 e. The number of unbranched alkanes of at least 4 members (excludes halogenated alkanes) is 2. The fourth-order valence-electron chi connectivity index (χ4n) is 2.37. The first-order chi connectivity index (χ1) is 10.3. The minimum Gasteiger partial charge on any atom is -0.494 e. The van der Waals surface area contributed by atoms with E-state index < -0.39 is 0 Å². The topological polar surface area (TPSA) is 21.3 Å². The minimum absolute atomic E-state index is 0.737. The Morgan fingerprint density at radius 2 is 1.76 bits per heavy atom. The van der Waals surface area contributed by atoms with Crippen molar-refractivity contribution < 1.29 is 4.74 Å². The predicted octanol–water partition coefficient (Wildman–Crippen LogP) is 4.63. The van der Waals surface area contributed by atoms with Gasteiger partial charge in [0, 0.05) is 0 Å². The number of ether oxygens (including phenoxy) is 1. The molecule has 0 aliphatic carbocycles. The average Bonchev–Trinajstić information content (AvgIpc) is 2.49. The van der Waals surface area contributed by atoms with Crippen molar-refractivity contribution in [2.24, 2.45) is 5.92 Å². The largest absolute Gasteiger partial charge is 0.494 e. The maximum Gasteiger partial charge on any atom is 0.119 e. The van der Waals surface area contributed by atoms with Crippen LogP contribution < -0.4 is 10.1 Å². The summed E-state index contributed by atoms with van der Waals surface area (Å²) in [5.74, 6) is 1.72.